The molecule has 2 aromatic rings. The summed E-state index contributed by atoms with van der Waals surface area (Å²) in [4.78, 5) is 38.0. The number of carbonyl (C=O) groups is 3. The zero-order valence-corrected chi connectivity index (χ0v) is 17.6. The van der Waals surface area contributed by atoms with Crippen LogP contribution in [-0.4, -0.2) is 43.4 Å². The number of imide groups is 1. The molecule has 10 heteroatoms. The average Bonchev–Trinajstić information content (AvgIpc) is 3.14. The fourth-order valence-corrected chi connectivity index (χ4v) is 4.67. The van der Waals surface area contributed by atoms with E-state index < -0.39 is 23.4 Å². The van der Waals surface area contributed by atoms with Crippen LogP contribution >= 0.6 is 11.8 Å². The first kappa shape index (κ1) is 20.4. The standard InChI is InChI=1S/C20H24N6O3S/c1-2-20(14-9-5-3-6-10-14)17(28)26(18(29)21-20)24-16(27)13-30-19-23-22-15-11-7-4-8-12-25(15)19/h3,5-6,9-10H,2,4,7-8,11-13H2,1H3,(H,21,29)(H,24,27)/t20-/m1/s1. The number of urea groups is 1. The van der Waals surface area contributed by atoms with E-state index in [1.165, 1.54) is 11.8 Å². The lowest BCUT2D eigenvalue weighted by atomic mass is 9.87. The number of carbonyl (C=O) groups excluding carboxylic acids is 3. The first-order valence-electron chi connectivity index (χ1n) is 10.1. The van der Waals surface area contributed by atoms with E-state index in [1.54, 1.807) is 12.1 Å². The van der Waals surface area contributed by atoms with Gasteiger partial charge in [0.2, 0.25) is 5.91 Å². The van der Waals surface area contributed by atoms with Crippen LogP contribution in [0.3, 0.4) is 0 Å². The van der Waals surface area contributed by atoms with Crippen molar-refractivity contribution in [1.29, 1.82) is 0 Å². The van der Waals surface area contributed by atoms with E-state index in [1.807, 2.05) is 25.1 Å². The fourth-order valence-electron chi connectivity index (χ4n) is 3.89. The number of nitrogens with one attached hydrogen (secondary N) is 2. The zero-order chi connectivity index (χ0) is 21.1. The summed E-state index contributed by atoms with van der Waals surface area (Å²) in [6.45, 7) is 2.67. The minimum Gasteiger partial charge on any atom is -0.318 e. The third-order valence-corrected chi connectivity index (χ3v) is 6.50. The molecule has 1 aromatic carbocycles. The van der Waals surface area contributed by atoms with E-state index in [0.29, 0.717) is 17.1 Å². The lowest BCUT2D eigenvalue weighted by molar-refractivity contribution is -0.138. The molecule has 0 radical (unpaired) electrons. The highest BCUT2D eigenvalue weighted by atomic mass is 32.2. The molecule has 0 unspecified atom stereocenters. The molecule has 158 valence electrons. The van der Waals surface area contributed by atoms with E-state index in [-0.39, 0.29) is 5.75 Å². The number of rotatable bonds is 6. The molecule has 2 N–H and O–H groups in total. The SMILES string of the molecule is CC[C@]1(c2ccccc2)NC(=O)N(NC(=O)CSc2nnc3n2CCCCC3)C1=O. The Balaban J connectivity index is 1.42. The Bertz CT molecular complexity index is 963. The summed E-state index contributed by atoms with van der Waals surface area (Å²) in [5, 5.41) is 12.6. The summed E-state index contributed by atoms with van der Waals surface area (Å²) in [6.07, 6.45) is 4.57. The predicted molar refractivity (Wildman–Crippen MR) is 110 cm³/mol. The fraction of sp³-hybridized carbons (Fsp3) is 0.450. The highest BCUT2D eigenvalue weighted by molar-refractivity contribution is 7.99. The molecule has 4 amide bonds. The monoisotopic (exact) mass is 428 g/mol. The van der Waals surface area contributed by atoms with Crippen molar-refractivity contribution in [3.05, 3.63) is 41.7 Å². The molecule has 1 saturated heterocycles. The number of thioether (sulfide) groups is 1. The van der Waals surface area contributed by atoms with Crippen LogP contribution in [0.2, 0.25) is 0 Å². The van der Waals surface area contributed by atoms with Gasteiger partial charge in [0.05, 0.1) is 5.75 Å². The molecule has 2 aliphatic rings. The Morgan fingerprint density at radius 2 is 2.00 bits per heavy atom. The quantitative estimate of drug-likeness (QED) is 0.538. The van der Waals surface area contributed by atoms with Gasteiger partial charge >= 0.3 is 6.03 Å². The van der Waals surface area contributed by atoms with Gasteiger partial charge in [0.25, 0.3) is 5.91 Å². The van der Waals surface area contributed by atoms with Crippen LogP contribution in [0.25, 0.3) is 0 Å². The van der Waals surface area contributed by atoms with Crippen LogP contribution in [0.15, 0.2) is 35.5 Å². The lowest BCUT2D eigenvalue weighted by Crippen LogP contribution is -2.49. The van der Waals surface area contributed by atoms with Crippen LogP contribution in [0.4, 0.5) is 4.79 Å². The molecule has 4 rings (SSSR count). The van der Waals surface area contributed by atoms with Crippen LogP contribution in [0, 0.1) is 0 Å². The number of hydrogen-bond donors (Lipinski definition) is 2. The van der Waals surface area contributed by atoms with Crippen molar-refractivity contribution in [3.8, 4) is 0 Å². The predicted octanol–water partition coefficient (Wildman–Crippen LogP) is 1.99. The van der Waals surface area contributed by atoms with Gasteiger partial charge < -0.3 is 9.88 Å². The number of hydrazine groups is 1. The van der Waals surface area contributed by atoms with Gasteiger partial charge in [-0.2, -0.15) is 5.01 Å². The van der Waals surface area contributed by atoms with Crippen LogP contribution in [0.1, 0.15) is 44.0 Å². The maximum atomic E-state index is 13.1. The molecule has 0 bridgehead atoms. The molecule has 9 nitrogen and oxygen atoms in total. The Hall–Kier alpha value is -2.88. The first-order chi connectivity index (χ1) is 14.5. The largest absolute Gasteiger partial charge is 0.344 e. The number of aromatic nitrogens is 3. The number of hydrogen-bond acceptors (Lipinski definition) is 6. The van der Waals surface area contributed by atoms with Crippen LogP contribution < -0.4 is 10.7 Å². The van der Waals surface area contributed by atoms with Crippen molar-refractivity contribution in [2.75, 3.05) is 5.75 Å². The van der Waals surface area contributed by atoms with Crippen molar-refractivity contribution in [1.82, 2.24) is 30.5 Å². The maximum absolute atomic E-state index is 13.1. The van der Waals surface area contributed by atoms with E-state index in [0.717, 1.165) is 43.1 Å². The summed E-state index contributed by atoms with van der Waals surface area (Å²) in [5.74, 6) is 0.0325. The van der Waals surface area contributed by atoms with E-state index in [4.69, 9.17) is 0 Å². The highest BCUT2D eigenvalue weighted by Crippen LogP contribution is 2.31. The highest BCUT2D eigenvalue weighted by Gasteiger charge is 2.52. The molecule has 1 fully saturated rings. The summed E-state index contributed by atoms with van der Waals surface area (Å²) in [5.41, 5.74) is 1.95. The second kappa shape index (κ2) is 8.47. The van der Waals surface area contributed by atoms with Crippen molar-refractivity contribution in [2.24, 2.45) is 0 Å². The normalized spacial score (nSPS) is 21.2. The molecule has 0 aliphatic carbocycles. The molecule has 2 aliphatic heterocycles. The van der Waals surface area contributed by atoms with Gasteiger partial charge in [0, 0.05) is 13.0 Å². The summed E-state index contributed by atoms with van der Waals surface area (Å²) >= 11 is 1.25. The van der Waals surface area contributed by atoms with Gasteiger partial charge in [-0.25, -0.2) is 4.79 Å². The molecule has 1 aromatic heterocycles. The Kier molecular flexibility index (Phi) is 5.76. The number of fused-ring (bicyclic) bond motifs is 1. The Morgan fingerprint density at radius 1 is 1.20 bits per heavy atom. The summed E-state index contributed by atoms with van der Waals surface area (Å²) in [6, 6.07) is 8.41. The van der Waals surface area contributed by atoms with Crippen LogP contribution in [-0.2, 0) is 28.1 Å². The molecule has 0 saturated carbocycles. The first-order valence-corrected chi connectivity index (χ1v) is 11.1. The summed E-state index contributed by atoms with van der Waals surface area (Å²) in [7, 11) is 0. The molecule has 1 atom stereocenters. The molecular weight excluding hydrogens is 404 g/mol. The minimum absolute atomic E-state index is 0.0274. The Morgan fingerprint density at radius 3 is 2.77 bits per heavy atom. The molecule has 3 heterocycles. The third-order valence-electron chi connectivity index (χ3n) is 5.53. The van der Waals surface area contributed by atoms with E-state index in [2.05, 4.69) is 25.5 Å². The van der Waals surface area contributed by atoms with Gasteiger partial charge in [-0.15, -0.1) is 10.2 Å². The second-order valence-corrected chi connectivity index (χ2v) is 8.32. The summed E-state index contributed by atoms with van der Waals surface area (Å²) < 4.78 is 2.05. The van der Waals surface area contributed by atoms with E-state index in [9.17, 15) is 14.4 Å². The van der Waals surface area contributed by atoms with E-state index >= 15 is 0 Å². The third kappa shape index (κ3) is 3.67. The van der Waals surface area contributed by atoms with Crippen molar-refractivity contribution in [2.45, 2.75) is 56.3 Å². The second-order valence-electron chi connectivity index (χ2n) is 7.38. The Labute approximate surface area is 178 Å². The van der Waals surface area contributed by atoms with Gasteiger partial charge in [0.1, 0.15) is 11.4 Å². The van der Waals surface area contributed by atoms with Gasteiger partial charge in [-0.3, -0.25) is 15.0 Å². The number of nitrogens with zero attached hydrogens (tertiary/aromatic N) is 4. The number of benzene rings is 1. The number of amides is 4. The molecular formula is C20H24N6O3S. The van der Waals surface area contributed by atoms with Gasteiger partial charge in [-0.05, 0) is 24.8 Å². The lowest BCUT2D eigenvalue weighted by Gasteiger charge is -2.25. The van der Waals surface area contributed by atoms with Crippen LogP contribution in [0.5, 0.6) is 0 Å². The van der Waals surface area contributed by atoms with Gasteiger partial charge in [0.15, 0.2) is 5.16 Å². The molecule has 30 heavy (non-hydrogen) atoms. The smallest absolute Gasteiger partial charge is 0.318 e. The topological polar surface area (TPSA) is 109 Å². The average molecular weight is 429 g/mol. The zero-order valence-electron chi connectivity index (χ0n) is 16.8. The minimum atomic E-state index is -1.18. The molecule has 0 spiro atoms. The maximum Gasteiger partial charge on any atom is 0.344 e. The van der Waals surface area contributed by atoms with Crippen molar-refractivity contribution < 1.29 is 14.4 Å². The van der Waals surface area contributed by atoms with Crippen molar-refractivity contribution >= 4 is 29.6 Å². The number of aryl methyl sites for hydroxylation is 1. The van der Waals surface area contributed by atoms with Gasteiger partial charge in [-0.1, -0.05) is 55.4 Å². The van der Waals surface area contributed by atoms with Crippen molar-refractivity contribution in [3.63, 3.8) is 0 Å².